The molecule has 4 nitrogen and oxygen atoms in total. The minimum atomic E-state index is 0.620. The summed E-state index contributed by atoms with van der Waals surface area (Å²) in [6, 6.07) is 76.8. The van der Waals surface area contributed by atoms with Crippen molar-refractivity contribution in [2.24, 2.45) is 0 Å². The number of fused-ring (bicyclic) bond motifs is 4. The van der Waals surface area contributed by atoms with Gasteiger partial charge in [0.2, 0.25) is 0 Å². The van der Waals surface area contributed by atoms with Gasteiger partial charge in [0, 0.05) is 33.0 Å². The van der Waals surface area contributed by atoms with Crippen molar-refractivity contribution in [1.82, 2.24) is 19.5 Å². The fraction of sp³-hybridized carbons (Fsp3) is 0. The summed E-state index contributed by atoms with van der Waals surface area (Å²) < 4.78 is 2.40. The average molecular weight is 753 g/mol. The van der Waals surface area contributed by atoms with Gasteiger partial charge in [-0.25, -0.2) is 15.0 Å². The molecule has 0 radical (unpaired) electrons. The molecular weight excluding hydrogens is 717 g/mol. The van der Waals surface area contributed by atoms with E-state index in [4.69, 9.17) is 15.0 Å². The lowest BCUT2D eigenvalue weighted by molar-refractivity contribution is 1.08. The standard InChI is InChI=1S/C55H36N4/c1-3-19-37(20-4-1)39-23-7-11-30-47(39)53-56-54(48-31-12-8-24-40(48)38-21-5-2-6-22-38)58-55(57-53)49-36-35-43(41-25-9-10-26-42(41)49)44-27-13-16-32-50(44)59-51-33-17-14-28-45(51)46-29-15-18-34-52(46)59/h1-36H. The van der Waals surface area contributed by atoms with Crippen LogP contribution in [-0.2, 0) is 0 Å². The lowest BCUT2D eigenvalue weighted by atomic mass is 9.93. The zero-order valence-corrected chi connectivity index (χ0v) is 32.1. The number of hydrogen-bond donors (Lipinski definition) is 0. The number of para-hydroxylation sites is 3. The van der Waals surface area contributed by atoms with Crippen molar-refractivity contribution in [3.63, 3.8) is 0 Å². The Bertz CT molecular complexity index is 3180. The van der Waals surface area contributed by atoms with Crippen LogP contribution < -0.4 is 0 Å². The number of benzene rings is 9. The minimum Gasteiger partial charge on any atom is -0.309 e. The van der Waals surface area contributed by atoms with E-state index in [0.29, 0.717) is 17.5 Å². The topological polar surface area (TPSA) is 43.6 Å². The molecule has 0 unspecified atom stereocenters. The molecule has 59 heavy (non-hydrogen) atoms. The molecule has 2 heterocycles. The maximum atomic E-state index is 5.34. The summed E-state index contributed by atoms with van der Waals surface area (Å²) in [4.78, 5) is 16.0. The van der Waals surface area contributed by atoms with Gasteiger partial charge in [-0.15, -0.1) is 0 Å². The predicted molar refractivity (Wildman–Crippen MR) is 244 cm³/mol. The molecule has 0 fully saturated rings. The van der Waals surface area contributed by atoms with Crippen LogP contribution in [0.25, 0.3) is 106 Å². The molecule has 4 heteroatoms. The Balaban J connectivity index is 1.14. The van der Waals surface area contributed by atoms with Gasteiger partial charge in [0.15, 0.2) is 17.5 Å². The Labute approximate surface area is 342 Å². The summed E-state index contributed by atoms with van der Waals surface area (Å²) in [6.07, 6.45) is 0. The Morgan fingerprint density at radius 2 is 0.593 bits per heavy atom. The number of aromatic nitrogens is 4. The molecular formula is C55H36N4. The van der Waals surface area contributed by atoms with Gasteiger partial charge in [-0.3, -0.25) is 0 Å². The third kappa shape index (κ3) is 5.98. The first-order valence-corrected chi connectivity index (χ1v) is 20.0. The molecule has 0 aliphatic heterocycles. The summed E-state index contributed by atoms with van der Waals surface area (Å²) >= 11 is 0. The second-order valence-corrected chi connectivity index (χ2v) is 14.7. The zero-order valence-electron chi connectivity index (χ0n) is 32.1. The van der Waals surface area contributed by atoms with Crippen molar-refractivity contribution >= 4 is 32.6 Å². The van der Waals surface area contributed by atoms with E-state index >= 15 is 0 Å². The van der Waals surface area contributed by atoms with E-state index in [1.165, 1.54) is 21.8 Å². The SMILES string of the molecule is c1ccc(-c2ccccc2-c2nc(-c3ccccc3-c3ccccc3)nc(-c3ccc(-c4ccccc4-n4c5ccccc5c5ccccc54)c4ccccc34)n2)cc1. The summed E-state index contributed by atoms with van der Waals surface area (Å²) in [5.41, 5.74) is 12.9. The highest BCUT2D eigenvalue weighted by atomic mass is 15.0. The molecule has 0 atom stereocenters. The van der Waals surface area contributed by atoms with Crippen molar-refractivity contribution in [2.75, 3.05) is 0 Å². The van der Waals surface area contributed by atoms with Crippen molar-refractivity contribution in [2.45, 2.75) is 0 Å². The average Bonchev–Trinajstić information content (AvgIpc) is 3.66. The highest BCUT2D eigenvalue weighted by molar-refractivity contribution is 6.11. The molecule has 9 aromatic carbocycles. The maximum Gasteiger partial charge on any atom is 0.164 e. The van der Waals surface area contributed by atoms with Crippen LogP contribution in [0.4, 0.5) is 0 Å². The molecule has 2 aromatic heterocycles. The van der Waals surface area contributed by atoms with Gasteiger partial charge in [0.05, 0.1) is 16.7 Å². The molecule has 276 valence electrons. The Morgan fingerprint density at radius 3 is 1.12 bits per heavy atom. The van der Waals surface area contributed by atoms with Gasteiger partial charge in [-0.2, -0.15) is 0 Å². The van der Waals surface area contributed by atoms with Crippen LogP contribution in [-0.4, -0.2) is 19.5 Å². The summed E-state index contributed by atoms with van der Waals surface area (Å²) in [7, 11) is 0. The number of rotatable bonds is 7. The smallest absolute Gasteiger partial charge is 0.164 e. The zero-order chi connectivity index (χ0) is 39.1. The lowest BCUT2D eigenvalue weighted by Crippen LogP contribution is -2.02. The summed E-state index contributed by atoms with van der Waals surface area (Å²) in [5, 5.41) is 4.67. The van der Waals surface area contributed by atoms with Crippen LogP contribution in [0.3, 0.4) is 0 Å². The van der Waals surface area contributed by atoms with Gasteiger partial charge >= 0.3 is 0 Å². The van der Waals surface area contributed by atoms with Gasteiger partial charge in [-0.1, -0.05) is 194 Å². The molecule has 0 saturated heterocycles. The Kier molecular flexibility index (Phi) is 8.45. The second-order valence-electron chi connectivity index (χ2n) is 14.7. The Hall–Kier alpha value is -7.95. The van der Waals surface area contributed by atoms with E-state index in [9.17, 15) is 0 Å². The van der Waals surface area contributed by atoms with Gasteiger partial charge < -0.3 is 4.57 Å². The molecule has 0 amide bonds. The van der Waals surface area contributed by atoms with Crippen LogP contribution in [0.2, 0.25) is 0 Å². The highest BCUT2D eigenvalue weighted by Crippen LogP contribution is 2.41. The van der Waals surface area contributed by atoms with Crippen molar-refractivity contribution in [3.8, 4) is 73.2 Å². The van der Waals surface area contributed by atoms with Crippen LogP contribution in [0.1, 0.15) is 0 Å². The van der Waals surface area contributed by atoms with Crippen molar-refractivity contribution < 1.29 is 0 Å². The third-order valence-corrected chi connectivity index (χ3v) is 11.3. The fourth-order valence-electron chi connectivity index (χ4n) is 8.64. The van der Waals surface area contributed by atoms with Crippen molar-refractivity contribution in [1.29, 1.82) is 0 Å². The van der Waals surface area contributed by atoms with Gasteiger partial charge in [0.25, 0.3) is 0 Å². The molecule has 0 aliphatic carbocycles. The molecule has 0 spiro atoms. The molecule has 11 rings (SSSR count). The van der Waals surface area contributed by atoms with Crippen LogP contribution >= 0.6 is 0 Å². The molecule has 11 aromatic rings. The largest absolute Gasteiger partial charge is 0.309 e. The normalized spacial score (nSPS) is 11.4. The van der Waals surface area contributed by atoms with Crippen molar-refractivity contribution in [3.05, 3.63) is 218 Å². The van der Waals surface area contributed by atoms with Gasteiger partial charge in [-0.05, 0) is 62.9 Å². The minimum absolute atomic E-state index is 0.620. The summed E-state index contributed by atoms with van der Waals surface area (Å²) in [6.45, 7) is 0. The van der Waals surface area contributed by atoms with Gasteiger partial charge in [0.1, 0.15) is 0 Å². The first-order chi connectivity index (χ1) is 29.3. The number of hydrogen-bond acceptors (Lipinski definition) is 3. The predicted octanol–water partition coefficient (Wildman–Crippen LogP) is 14.1. The van der Waals surface area contributed by atoms with Crippen LogP contribution in [0.15, 0.2) is 218 Å². The van der Waals surface area contributed by atoms with E-state index in [1.54, 1.807) is 0 Å². The fourth-order valence-corrected chi connectivity index (χ4v) is 8.64. The van der Waals surface area contributed by atoms with E-state index in [0.717, 1.165) is 66.5 Å². The summed E-state index contributed by atoms with van der Waals surface area (Å²) in [5.74, 6) is 1.86. The Morgan fingerprint density at radius 1 is 0.237 bits per heavy atom. The molecule has 0 N–H and O–H groups in total. The lowest BCUT2D eigenvalue weighted by Gasteiger charge is -2.17. The first kappa shape index (κ1) is 34.3. The van der Waals surface area contributed by atoms with E-state index in [-0.39, 0.29) is 0 Å². The van der Waals surface area contributed by atoms with E-state index in [2.05, 4.69) is 211 Å². The van der Waals surface area contributed by atoms with E-state index < -0.39 is 0 Å². The maximum absolute atomic E-state index is 5.34. The molecule has 0 saturated carbocycles. The number of nitrogens with zero attached hydrogens (tertiary/aromatic N) is 4. The quantitative estimate of drug-likeness (QED) is 0.163. The molecule has 0 aliphatic rings. The van der Waals surface area contributed by atoms with E-state index in [1.807, 2.05) is 12.1 Å². The second kappa shape index (κ2) is 14.5. The van der Waals surface area contributed by atoms with Crippen LogP contribution in [0, 0.1) is 0 Å². The molecule has 0 bridgehead atoms. The highest BCUT2D eigenvalue weighted by Gasteiger charge is 2.21. The first-order valence-electron chi connectivity index (χ1n) is 20.0. The van der Waals surface area contributed by atoms with Crippen LogP contribution in [0.5, 0.6) is 0 Å². The third-order valence-electron chi connectivity index (χ3n) is 11.3. The monoisotopic (exact) mass is 752 g/mol.